The predicted molar refractivity (Wildman–Crippen MR) is 73.0 cm³/mol. The number of amides is 1. The number of nitrogens with one attached hydrogen (secondary N) is 1. The molecule has 0 saturated heterocycles. The van der Waals surface area contributed by atoms with Crippen molar-refractivity contribution in [2.75, 3.05) is 0 Å². The zero-order chi connectivity index (χ0) is 14.8. The minimum Gasteiger partial charge on any atom is -0.481 e. The fraction of sp³-hybridized carbons (Fsp3) is 0.267. The van der Waals surface area contributed by atoms with Gasteiger partial charge in [-0.25, -0.2) is 4.98 Å². The summed E-state index contributed by atoms with van der Waals surface area (Å²) in [6.45, 7) is 0.234. The van der Waals surface area contributed by atoms with Gasteiger partial charge in [0.05, 0.1) is 24.1 Å². The number of carboxylic acid groups (broad SMARTS) is 1. The van der Waals surface area contributed by atoms with Crippen LogP contribution in [-0.4, -0.2) is 22.0 Å². The molecular weight excluding hydrogens is 272 g/mol. The van der Waals surface area contributed by atoms with Crippen LogP contribution >= 0.6 is 0 Å². The lowest BCUT2D eigenvalue weighted by Gasteiger charge is -2.00. The molecule has 1 aromatic carbocycles. The summed E-state index contributed by atoms with van der Waals surface area (Å²) < 4.78 is 5.36. The van der Waals surface area contributed by atoms with E-state index in [1.165, 1.54) is 6.26 Å². The summed E-state index contributed by atoms with van der Waals surface area (Å²) in [5, 5.41) is 11.5. The van der Waals surface area contributed by atoms with Crippen LogP contribution in [0.5, 0.6) is 0 Å². The Bertz CT molecular complexity index is 665. The molecule has 2 atom stereocenters. The lowest BCUT2D eigenvalue weighted by Crippen LogP contribution is -2.26. The molecule has 2 aromatic rings. The molecule has 0 bridgehead atoms. The maximum atomic E-state index is 11.7. The van der Waals surface area contributed by atoms with Crippen LogP contribution in [0.2, 0.25) is 0 Å². The molecule has 1 aliphatic carbocycles. The van der Waals surface area contributed by atoms with Crippen LogP contribution in [0.15, 0.2) is 41.0 Å². The minimum atomic E-state index is -0.914. The van der Waals surface area contributed by atoms with Gasteiger partial charge in [0.1, 0.15) is 6.26 Å². The van der Waals surface area contributed by atoms with Crippen molar-refractivity contribution in [1.29, 1.82) is 0 Å². The van der Waals surface area contributed by atoms with E-state index in [1.54, 1.807) is 0 Å². The summed E-state index contributed by atoms with van der Waals surface area (Å²) in [4.78, 5) is 26.7. The third-order valence-corrected chi connectivity index (χ3v) is 3.46. The molecule has 21 heavy (non-hydrogen) atoms. The molecule has 2 N–H and O–H groups in total. The monoisotopic (exact) mass is 286 g/mol. The molecular formula is C15H14N2O4. The van der Waals surface area contributed by atoms with E-state index in [4.69, 9.17) is 9.52 Å². The first-order chi connectivity index (χ1) is 10.1. The number of nitrogens with zero attached hydrogens (tertiary/aromatic N) is 1. The maximum Gasteiger partial charge on any atom is 0.307 e. The minimum absolute atomic E-state index is 0.234. The van der Waals surface area contributed by atoms with Crippen LogP contribution in [-0.2, 0) is 16.1 Å². The number of rotatable bonds is 5. The Labute approximate surface area is 120 Å². The van der Waals surface area contributed by atoms with Crippen LogP contribution in [0.1, 0.15) is 12.1 Å². The number of carbonyl (C=O) groups excluding carboxylic acids is 1. The summed E-state index contributed by atoms with van der Waals surface area (Å²) in [5.74, 6) is -1.62. The van der Waals surface area contributed by atoms with Gasteiger partial charge in [-0.05, 0) is 18.6 Å². The summed E-state index contributed by atoms with van der Waals surface area (Å²) in [6, 6.07) is 9.45. The van der Waals surface area contributed by atoms with Gasteiger partial charge in [0, 0.05) is 5.56 Å². The van der Waals surface area contributed by atoms with Gasteiger partial charge in [-0.1, -0.05) is 18.2 Å². The zero-order valence-corrected chi connectivity index (χ0v) is 11.2. The average Bonchev–Trinajstić information content (AvgIpc) is 3.17. The quantitative estimate of drug-likeness (QED) is 0.872. The predicted octanol–water partition coefficient (Wildman–Crippen LogP) is 1.68. The summed E-state index contributed by atoms with van der Waals surface area (Å²) in [5.41, 5.74) is 1.47. The molecule has 6 heteroatoms. The molecule has 1 aliphatic rings. The van der Waals surface area contributed by atoms with E-state index in [9.17, 15) is 9.59 Å². The number of hydrogen-bond donors (Lipinski definition) is 2. The number of carbonyl (C=O) groups is 2. The number of hydrogen-bond acceptors (Lipinski definition) is 4. The third kappa shape index (κ3) is 2.94. The molecule has 1 amide bonds. The van der Waals surface area contributed by atoms with Crippen molar-refractivity contribution in [2.24, 2.45) is 11.8 Å². The largest absolute Gasteiger partial charge is 0.481 e. The first-order valence-corrected chi connectivity index (χ1v) is 6.65. The molecule has 3 rings (SSSR count). The zero-order valence-electron chi connectivity index (χ0n) is 11.2. The van der Waals surface area contributed by atoms with Crippen LogP contribution in [0.4, 0.5) is 0 Å². The summed E-state index contributed by atoms with van der Waals surface area (Å²) in [6.07, 6.45) is 1.90. The van der Waals surface area contributed by atoms with E-state index >= 15 is 0 Å². The SMILES string of the molecule is O=C(O)[C@@H]1C[C@H]1C(=O)NCc1coc(-c2ccccc2)n1. The highest BCUT2D eigenvalue weighted by atomic mass is 16.4. The number of benzene rings is 1. The molecule has 0 spiro atoms. The van der Waals surface area contributed by atoms with Crippen molar-refractivity contribution in [1.82, 2.24) is 10.3 Å². The highest BCUT2D eigenvalue weighted by molar-refractivity contribution is 5.89. The molecule has 1 heterocycles. The first-order valence-electron chi connectivity index (χ1n) is 6.65. The van der Waals surface area contributed by atoms with E-state index in [2.05, 4.69) is 10.3 Å². The fourth-order valence-corrected chi connectivity index (χ4v) is 2.17. The van der Waals surface area contributed by atoms with Crippen molar-refractivity contribution in [3.63, 3.8) is 0 Å². The lowest BCUT2D eigenvalue weighted by atomic mass is 10.2. The van der Waals surface area contributed by atoms with E-state index < -0.39 is 17.8 Å². The topological polar surface area (TPSA) is 92.4 Å². The molecule has 1 fully saturated rings. The van der Waals surface area contributed by atoms with Gasteiger partial charge < -0.3 is 14.8 Å². The van der Waals surface area contributed by atoms with Crippen molar-refractivity contribution < 1.29 is 19.1 Å². The molecule has 0 unspecified atom stereocenters. The van der Waals surface area contributed by atoms with Gasteiger partial charge in [-0.3, -0.25) is 9.59 Å². The van der Waals surface area contributed by atoms with Crippen LogP contribution in [0, 0.1) is 11.8 Å². The average molecular weight is 286 g/mol. The van der Waals surface area contributed by atoms with Crippen molar-refractivity contribution >= 4 is 11.9 Å². The third-order valence-electron chi connectivity index (χ3n) is 3.46. The second-order valence-electron chi connectivity index (χ2n) is 5.01. The van der Waals surface area contributed by atoms with Gasteiger partial charge in [0.2, 0.25) is 11.8 Å². The Kier molecular flexibility index (Phi) is 3.43. The van der Waals surface area contributed by atoms with Crippen LogP contribution in [0.25, 0.3) is 11.5 Å². The van der Waals surface area contributed by atoms with Crippen molar-refractivity contribution in [2.45, 2.75) is 13.0 Å². The molecule has 0 radical (unpaired) electrons. The Morgan fingerprint density at radius 1 is 1.29 bits per heavy atom. The van der Waals surface area contributed by atoms with Gasteiger partial charge in [0.25, 0.3) is 0 Å². The van der Waals surface area contributed by atoms with E-state index in [-0.39, 0.29) is 12.5 Å². The van der Waals surface area contributed by atoms with Crippen LogP contribution < -0.4 is 5.32 Å². The normalized spacial score (nSPS) is 20.0. The molecule has 6 nitrogen and oxygen atoms in total. The van der Waals surface area contributed by atoms with Gasteiger partial charge in [-0.2, -0.15) is 0 Å². The molecule has 0 aliphatic heterocycles. The summed E-state index contributed by atoms with van der Waals surface area (Å²) >= 11 is 0. The smallest absolute Gasteiger partial charge is 0.307 e. The van der Waals surface area contributed by atoms with E-state index in [0.29, 0.717) is 18.0 Å². The highest BCUT2D eigenvalue weighted by Crippen LogP contribution is 2.38. The first kappa shape index (κ1) is 13.4. The molecule has 108 valence electrons. The molecule has 1 aromatic heterocycles. The number of aromatic nitrogens is 1. The Morgan fingerprint density at radius 2 is 2.05 bits per heavy atom. The Morgan fingerprint density at radius 3 is 2.71 bits per heavy atom. The van der Waals surface area contributed by atoms with Gasteiger partial charge in [-0.15, -0.1) is 0 Å². The Balaban J connectivity index is 1.56. The highest BCUT2D eigenvalue weighted by Gasteiger charge is 2.48. The second-order valence-corrected chi connectivity index (χ2v) is 5.01. The second kappa shape index (κ2) is 5.40. The van der Waals surface area contributed by atoms with Crippen molar-refractivity contribution in [3.8, 4) is 11.5 Å². The standard InChI is InChI=1S/C15H14N2O4/c18-13(11-6-12(11)15(19)20)16-7-10-8-21-14(17-10)9-4-2-1-3-5-9/h1-5,8,11-12H,6-7H2,(H,16,18)(H,19,20)/t11-,12-/m1/s1. The van der Waals surface area contributed by atoms with E-state index in [0.717, 1.165) is 5.56 Å². The lowest BCUT2D eigenvalue weighted by molar-refractivity contribution is -0.140. The van der Waals surface area contributed by atoms with Crippen LogP contribution in [0.3, 0.4) is 0 Å². The number of oxazole rings is 1. The van der Waals surface area contributed by atoms with Crippen molar-refractivity contribution in [3.05, 3.63) is 42.3 Å². The Hall–Kier alpha value is -2.63. The number of carboxylic acids is 1. The van der Waals surface area contributed by atoms with E-state index in [1.807, 2.05) is 30.3 Å². The number of aliphatic carboxylic acids is 1. The summed E-state index contributed by atoms with van der Waals surface area (Å²) in [7, 11) is 0. The maximum absolute atomic E-state index is 11.7. The molecule has 1 saturated carbocycles. The van der Waals surface area contributed by atoms with Gasteiger partial charge >= 0.3 is 5.97 Å². The van der Waals surface area contributed by atoms with Gasteiger partial charge in [0.15, 0.2) is 0 Å². The fourth-order valence-electron chi connectivity index (χ4n) is 2.17.